The number of rotatable bonds is 4. The molecule has 1 fully saturated rings. The van der Waals surface area contributed by atoms with Crippen LogP contribution in [0.4, 0.5) is 0 Å². The highest BCUT2D eigenvalue weighted by Crippen LogP contribution is 2.62. The number of pyridine rings is 1. The Balaban J connectivity index is 1.79. The lowest BCUT2D eigenvalue weighted by molar-refractivity contribution is 0.457. The molecule has 0 amide bonds. The average molecular weight is 218 g/mol. The molecule has 0 aromatic carbocycles. The summed E-state index contributed by atoms with van der Waals surface area (Å²) in [5.41, 5.74) is 2.18. The monoisotopic (exact) mass is 218 g/mol. The zero-order valence-electron chi connectivity index (χ0n) is 10.7. The second-order valence-corrected chi connectivity index (χ2v) is 5.94. The van der Waals surface area contributed by atoms with E-state index in [-0.39, 0.29) is 0 Å². The molecule has 0 spiro atoms. The molecular formula is C14H22N2. The number of hydrogen-bond donors (Lipinski definition) is 1. The van der Waals surface area contributed by atoms with E-state index in [1.54, 1.807) is 0 Å². The molecule has 1 aromatic heterocycles. The van der Waals surface area contributed by atoms with E-state index >= 15 is 0 Å². The van der Waals surface area contributed by atoms with E-state index in [9.17, 15) is 0 Å². The predicted molar refractivity (Wildman–Crippen MR) is 67.3 cm³/mol. The van der Waals surface area contributed by atoms with Crippen molar-refractivity contribution in [3.63, 3.8) is 0 Å². The summed E-state index contributed by atoms with van der Waals surface area (Å²) in [7, 11) is 0. The Bertz CT molecular complexity index is 340. The maximum Gasteiger partial charge on any atom is 0.0300 e. The van der Waals surface area contributed by atoms with Crippen molar-refractivity contribution < 1.29 is 0 Å². The van der Waals surface area contributed by atoms with E-state index in [0.29, 0.717) is 16.9 Å². The van der Waals surface area contributed by atoms with Crippen molar-refractivity contribution in [2.45, 2.75) is 40.2 Å². The average Bonchev–Trinajstić information content (AvgIpc) is 2.62. The topological polar surface area (TPSA) is 24.9 Å². The van der Waals surface area contributed by atoms with Crippen LogP contribution in [0.25, 0.3) is 0 Å². The zero-order chi connectivity index (χ0) is 11.8. The summed E-state index contributed by atoms with van der Waals surface area (Å²) in [6.07, 6.45) is 4.84. The molecule has 1 aliphatic carbocycles. The first-order valence-electron chi connectivity index (χ1n) is 6.08. The van der Waals surface area contributed by atoms with Gasteiger partial charge in [0.15, 0.2) is 0 Å². The summed E-state index contributed by atoms with van der Waals surface area (Å²) in [5, 5.41) is 3.66. The molecule has 2 rings (SSSR count). The number of hydrogen-bond acceptors (Lipinski definition) is 2. The van der Waals surface area contributed by atoms with E-state index in [2.05, 4.69) is 44.1 Å². The maximum atomic E-state index is 4.13. The minimum Gasteiger partial charge on any atom is -0.313 e. The molecular weight excluding hydrogens is 196 g/mol. The lowest BCUT2D eigenvalue weighted by Gasteiger charge is -2.06. The van der Waals surface area contributed by atoms with E-state index in [1.165, 1.54) is 5.56 Å². The fourth-order valence-corrected chi connectivity index (χ4v) is 2.61. The molecule has 88 valence electrons. The third kappa shape index (κ3) is 1.86. The van der Waals surface area contributed by atoms with E-state index in [0.717, 1.165) is 13.0 Å². The molecule has 2 nitrogen and oxygen atoms in total. The molecule has 1 heterocycles. The summed E-state index contributed by atoms with van der Waals surface area (Å²) in [6.45, 7) is 10.4. The normalized spacial score (nSPS) is 22.0. The van der Waals surface area contributed by atoms with E-state index in [1.807, 2.05) is 18.5 Å². The Labute approximate surface area is 98.5 Å². The standard InChI is InChI=1S/C14H22N2/c1-13(2)12(14(13,3)4)16-9-7-11-6-5-8-15-10-11/h5-6,8,10,12,16H,7,9H2,1-4H3. The number of aromatic nitrogens is 1. The molecule has 0 saturated heterocycles. The second-order valence-electron chi connectivity index (χ2n) is 5.94. The van der Waals surface area contributed by atoms with Crippen molar-refractivity contribution in [3.05, 3.63) is 30.1 Å². The quantitative estimate of drug-likeness (QED) is 0.840. The summed E-state index contributed by atoms with van der Waals surface area (Å²) in [4.78, 5) is 4.13. The fraction of sp³-hybridized carbons (Fsp3) is 0.643. The summed E-state index contributed by atoms with van der Waals surface area (Å²) in [6, 6.07) is 4.79. The fourth-order valence-electron chi connectivity index (χ4n) is 2.61. The van der Waals surface area contributed by atoms with Crippen molar-refractivity contribution >= 4 is 0 Å². The largest absolute Gasteiger partial charge is 0.313 e. The summed E-state index contributed by atoms with van der Waals surface area (Å²) < 4.78 is 0. The molecule has 0 unspecified atom stereocenters. The first kappa shape index (κ1) is 11.6. The van der Waals surface area contributed by atoms with Gasteiger partial charge in [-0.2, -0.15) is 0 Å². The third-order valence-corrected chi connectivity index (χ3v) is 4.51. The smallest absolute Gasteiger partial charge is 0.0300 e. The molecule has 2 heteroatoms. The van der Waals surface area contributed by atoms with Crippen molar-refractivity contribution in [1.29, 1.82) is 0 Å². The molecule has 0 aliphatic heterocycles. The van der Waals surface area contributed by atoms with Gasteiger partial charge in [0.05, 0.1) is 0 Å². The van der Waals surface area contributed by atoms with Gasteiger partial charge in [-0.1, -0.05) is 33.8 Å². The van der Waals surface area contributed by atoms with Crippen molar-refractivity contribution in [2.24, 2.45) is 10.8 Å². The van der Waals surface area contributed by atoms with Crippen LogP contribution in [-0.2, 0) is 6.42 Å². The van der Waals surface area contributed by atoms with Gasteiger partial charge in [-0.05, 0) is 35.4 Å². The minimum absolute atomic E-state index is 0.432. The molecule has 16 heavy (non-hydrogen) atoms. The van der Waals surface area contributed by atoms with Gasteiger partial charge in [-0.15, -0.1) is 0 Å². The van der Waals surface area contributed by atoms with Crippen LogP contribution in [0.1, 0.15) is 33.3 Å². The third-order valence-electron chi connectivity index (χ3n) is 4.51. The Kier molecular flexibility index (Phi) is 2.79. The van der Waals surface area contributed by atoms with Gasteiger partial charge in [0, 0.05) is 18.4 Å². The highest BCUT2D eigenvalue weighted by atomic mass is 15.0. The molecule has 0 atom stereocenters. The lowest BCUT2D eigenvalue weighted by Crippen LogP contribution is -2.24. The minimum atomic E-state index is 0.432. The van der Waals surface area contributed by atoms with Gasteiger partial charge in [0.1, 0.15) is 0 Å². The number of nitrogens with one attached hydrogen (secondary N) is 1. The van der Waals surface area contributed by atoms with Crippen LogP contribution in [0.5, 0.6) is 0 Å². The summed E-state index contributed by atoms with van der Waals surface area (Å²) in [5.74, 6) is 0. The van der Waals surface area contributed by atoms with Crippen LogP contribution in [0.3, 0.4) is 0 Å². The first-order valence-corrected chi connectivity index (χ1v) is 6.08. The van der Waals surface area contributed by atoms with Gasteiger partial charge in [0.25, 0.3) is 0 Å². The SMILES string of the molecule is CC1(C)C(NCCc2cccnc2)C1(C)C. The molecule has 1 N–H and O–H groups in total. The first-order chi connectivity index (χ1) is 7.46. The van der Waals surface area contributed by atoms with Crippen LogP contribution >= 0.6 is 0 Å². The van der Waals surface area contributed by atoms with Crippen LogP contribution in [0, 0.1) is 10.8 Å². The second kappa shape index (κ2) is 3.85. The predicted octanol–water partition coefficient (Wildman–Crippen LogP) is 2.65. The van der Waals surface area contributed by atoms with Gasteiger partial charge < -0.3 is 5.32 Å². The van der Waals surface area contributed by atoms with Gasteiger partial charge >= 0.3 is 0 Å². The molecule has 0 radical (unpaired) electrons. The van der Waals surface area contributed by atoms with Crippen LogP contribution in [0.2, 0.25) is 0 Å². The number of nitrogens with zero attached hydrogens (tertiary/aromatic N) is 1. The van der Waals surface area contributed by atoms with Crippen molar-refractivity contribution in [2.75, 3.05) is 6.54 Å². The summed E-state index contributed by atoms with van der Waals surface area (Å²) >= 11 is 0. The van der Waals surface area contributed by atoms with E-state index in [4.69, 9.17) is 0 Å². The highest BCUT2D eigenvalue weighted by molar-refractivity contribution is 5.18. The van der Waals surface area contributed by atoms with Gasteiger partial charge in [-0.3, -0.25) is 4.98 Å². The van der Waals surface area contributed by atoms with Crippen LogP contribution in [0.15, 0.2) is 24.5 Å². The molecule has 1 saturated carbocycles. The molecule has 1 aromatic rings. The zero-order valence-corrected chi connectivity index (χ0v) is 10.7. The highest BCUT2D eigenvalue weighted by Gasteiger charge is 2.64. The van der Waals surface area contributed by atoms with Crippen LogP contribution < -0.4 is 5.32 Å². The Hall–Kier alpha value is -0.890. The Morgan fingerprint density at radius 2 is 1.94 bits per heavy atom. The van der Waals surface area contributed by atoms with Crippen LogP contribution in [-0.4, -0.2) is 17.6 Å². The Morgan fingerprint density at radius 3 is 2.44 bits per heavy atom. The lowest BCUT2D eigenvalue weighted by atomic mass is 10.0. The van der Waals surface area contributed by atoms with E-state index < -0.39 is 0 Å². The molecule has 1 aliphatic rings. The molecule has 0 bridgehead atoms. The van der Waals surface area contributed by atoms with Gasteiger partial charge in [0.2, 0.25) is 0 Å². The van der Waals surface area contributed by atoms with Crippen molar-refractivity contribution in [1.82, 2.24) is 10.3 Å². The Morgan fingerprint density at radius 1 is 1.25 bits per heavy atom. The van der Waals surface area contributed by atoms with Crippen molar-refractivity contribution in [3.8, 4) is 0 Å². The van der Waals surface area contributed by atoms with Gasteiger partial charge in [-0.25, -0.2) is 0 Å². The maximum absolute atomic E-state index is 4.13.